The average molecular weight is 446 g/mol. The van der Waals surface area contributed by atoms with Crippen molar-refractivity contribution in [3.8, 4) is 11.5 Å². The van der Waals surface area contributed by atoms with E-state index in [1.807, 2.05) is 48.7 Å². The number of hydrogen-bond donors (Lipinski definition) is 0. The quantitative estimate of drug-likeness (QED) is 0.444. The lowest BCUT2D eigenvalue weighted by Gasteiger charge is -2.36. The van der Waals surface area contributed by atoms with Gasteiger partial charge in [-0.05, 0) is 80.9 Å². The molecule has 2 heterocycles. The van der Waals surface area contributed by atoms with E-state index in [1.165, 1.54) is 18.4 Å². The summed E-state index contributed by atoms with van der Waals surface area (Å²) in [5.74, 6) is 2.51. The first-order valence-corrected chi connectivity index (χ1v) is 11.9. The van der Waals surface area contributed by atoms with E-state index in [-0.39, 0.29) is 6.04 Å². The van der Waals surface area contributed by atoms with Gasteiger partial charge in [0.05, 0.1) is 18.8 Å². The maximum absolute atomic E-state index is 5.88. The molecule has 174 valence electrons. The minimum Gasteiger partial charge on any atom is -0.497 e. The molecule has 0 N–H and O–H groups in total. The van der Waals surface area contributed by atoms with Crippen LogP contribution in [-0.2, 0) is 0 Å². The lowest BCUT2D eigenvalue weighted by molar-refractivity contribution is 0.127. The molecule has 0 unspecified atom stereocenters. The molecule has 0 amide bonds. The van der Waals surface area contributed by atoms with Gasteiger partial charge in [0, 0.05) is 19.3 Å². The number of rotatable bonds is 10. The van der Waals surface area contributed by atoms with Crippen molar-refractivity contribution in [2.24, 2.45) is 5.92 Å². The second-order valence-electron chi connectivity index (χ2n) is 8.82. The highest BCUT2D eigenvalue weighted by molar-refractivity contribution is 5.34. The molecule has 1 aliphatic heterocycles. The fraction of sp³-hybridized carbons (Fsp3) is 0.393. The Hall–Kier alpha value is -2.89. The average Bonchev–Trinajstić information content (AvgIpc) is 2.87. The Morgan fingerprint density at radius 2 is 1.73 bits per heavy atom. The van der Waals surface area contributed by atoms with Crippen LogP contribution in [0.5, 0.6) is 11.5 Å². The van der Waals surface area contributed by atoms with Gasteiger partial charge >= 0.3 is 0 Å². The van der Waals surface area contributed by atoms with Gasteiger partial charge in [0.1, 0.15) is 18.1 Å². The van der Waals surface area contributed by atoms with Crippen LogP contribution in [0.3, 0.4) is 0 Å². The molecular weight excluding hydrogens is 410 g/mol. The first-order valence-electron chi connectivity index (χ1n) is 11.9. The van der Waals surface area contributed by atoms with Crippen LogP contribution in [0.4, 0.5) is 0 Å². The zero-order valence-corrected chi connectivity index (χ0v) is 19.8. The number of ether oxygens (including phenoxy) is 2. The highest BCUT2D eigenvalue weighted by Gasteiger charge is 2.26. The molecule has 33 heavy (non-hydrogen) atoms. The largest absolute Gasteiger partial charge is 0.497 e. The number of aromatic nitrogens is 1. The molecule has 1 saturated heterocycles. The summed E-state index contributed by atoms with van der Waals surface area (Å²) in [5, 5.41) is 0. The second kappa shape index (κ2) is 11.8. The number of para-hydroxylation sites is 1. The summed E-state index contributed by atoms with van der Waals surface area (Å²) in [6.07, 6.45) is 4.30. The third kappa shape index (κ3) is 6.56. The molecule has 1 aromatic heterocycles. The molecule has 3 aromatic rings. The Bertz CT molecular complexity index is 959. The predicted molar refractivity (Wildman–Crippen MR) is 133 cm³/mol. The van der Waals surface area contributed by atoms with E-state index in [1.54, 1.807) is 7.11 Å². The van der Waals surface area contributed by atoms with E-state index in [0.717, 1.165) is 50.0 Å². The minimum atomic E-state index is 0.110. The summed E-state index contributed by atoms with van der Waals surface area (Å²) in [5.41, 5.74) is 2.29. The topological polar surface area (TPSA) is 37.8 Å². The number of piperidine rings is 1. The van der Waals surface area contributed by atoms with Crippen molar-refractivity contribution in [1.29, 1.82) is 0 Å². The maximum Gasteiger partial charge on any atom is 0.119 e. The van der Waals surface area contributed by atoms with Crippen LogP contribution in [-0.4, -0.2) is 61.7 Å². The normalized spacial score (nSPS) is 16.0. The van der Waals surface area contributed by atoms with Crippen LogP contribution in [0.1, 0.15) is 30.1 Å². The molecule has 1 aliphatic rings. The number of pyridine rings is 1. The van der Waals surface area contributed by atoms with Crippen LogP contribution in [0.15, 0.2) is 79.0 Å². The Labute approximate surface area is 198 Å². The molecule has 2 aromatic carbocycles. The van der Waals surface area contributed by atoms with Gasteiger partial charge < -0.3 is 9.47 Å². The summed E-state index contributed by atoms with van der Waals surface area (Å²) in [4.78, 5) is 9.67. The zero-order valence-electron chi connectivity index (χ0n) is 19.8. The zero-order chi connectivity index (χ0) is 22.9. The molecule has 0 radical (unpaired) electrons. The van der Waals surface area contributed by atoms with Crippen molar-refractivity contribution in [2.75, 3.05) is 46.9 Å². The number of hydrogen-bond acceptors (Lipinski definition) is 5. The molecule has 1 fully saturated rings. The van der Waals surface area contributed by atoms with E-state index in [0.29, 0.717) is 5.92 Å². The number of methoxy groups -OCH3 is 1. The molecule has 0 spiro atoms. The third-order valence-corrected chi connectivity index (χ3v) is 6.49. The number of benzene rings is 2. The smallest absolute Gasteiger partial charge is 0.119 e. The monoisotopic (exact) mass is 445 g/mol. The molecule has 0 aliphatic carbocycles. The van der Waals surface area contributed by atoms with Crippen molar-refractivity contribution in [1.82, 2.24) is 14.8 Å². The van der Waals surface area contributed by atoms with Gasteiger partial charge in [0.25, 0.3) is 0 Å². The van der Waals surface area contributed by atoms with Crippen molar-refractivity contribution >= 4 is 0 Å². The fourth-order valence-electron chi connectivity index (χ4n) is 4.71. The first-order chi connectivity index (χ1) is 16.2. The highest BCUT2D eigenvalue weighted by atomic mass is 16.5. The van der Waals surface area contributed by atoms with E-state index in [9.17, 15) is 0 Å². The van der Waals surface area contributed by atoms with Gasteiger partial charge in [-0.15, -0.1) is 0 Å². The van der Waals surface area contributed by atoms with Crippen LogP contribution in [0.25, 0.3) is 0 Å². The molecule has 4 rings (SSSR count). The van der Waals surface area contributed by atoms with E-state index < -0.39 is 0 Å². The second-order valence-corrected chi connectivity index (χ2v) is 8.82. The number of likely N-dealkylation sites (tertiary alicyclic amines) is 1. The molecular formula is C28H35N3O2. The molecule has 0 bridgehead atoms. The third-order valence-electron chi connectivity index (χ3n) is 6.49. The van der Waals surface area contributed by atoms with Crippen LogP contribution in [0, 0.1) is 5.92 Å². The Balaban J connectivity index is 1.32. The van der Waals surface area contributed by atoms with Crippen molar-refractivity contribution in [2.45, 2.75) is 18.9 Å². The minimum absolute atomic E-state index is 0.110. The molecule has 0 saturated carbocycles. The van der Waals surface area contributed by atoms with Crippen LogP contribution < -0.4 is 9.47 Å². The summed E-state index contributed by atoms with van der Waals surface area (Å²) >= 11 is 0. The van der Waals surface area contributed by atoms with E-state index >= 15 is 0 Å². The fourth-order valence-corrected chi connectivity index (χ4v) is 4.71. The summed E-state index contributed by atoms with van der Waals surface area (Å²) in [7, 11) is 3.94. The van der Waals surface area contributed by atoms with E-state index in [4.69, 9.17) is 14.5 Å². The predicted octanol–water partition coefficient (Wildman–Crippen LogP) is 4.90. The molecule has 5 heteroatoms. The molecule has 1 atom stereocenters. The van der Waals surface area contributed by atoms with Crippen LogP contribution in [0.2, 0.25) is 0 Å². The van der Waals surface area contributed by atoms with Crippen molar-refractivity contribution in [3.05, 3.63) is 90.3 Å². The van der Waals surface area contributed by atoms with Crippen molar-refractivity contribution < 1.29 is 9.47 Å². The van der Waals surface area contributed by atoms with Gasteiger partial charge in [-0.2, -0.15) is 0 Å². The van der Waals surface area contributed by atoms with Gasteiger partial charge in [-0.1, -0.05) is 36.4 Å². The SMILES string of the molecule is COc1cccc([C@@H](c2ccccn2)N(C)CC2CCN(CCOc3ccccc3)CC2)c1. The van der Waals surface area contributed by atoms with Gasteiger partial charge in [0.2, 0.25) is 0 Å². The molecule has 5 nitrogen and oxygen atoms in total. The standard InChI is InChI=1S/C28H35N3O2/c1-30(28(27-13-6-7-16-29-27)24-9-8-12-26(21-24)32-2)22-23-14-17-31(18-15-23)19-20-33-25-10-4-3-5-11-25/h3-13,16,21,23,28H,14-15,17-20,22H2,1-2H3/t28-/m0/s1. The first kappa shape index (κ1) is 23.3. The van der Waals surface area contributed by atoms with Gasteiger partial charge in [0.15, 0.2) is 0 Å². The Morgan fingerprint density at radius 3 is 2.45 bits per heavy atom. The van der Waals surface area contributed by atoms with E-state index in [2.05, 4.69) is 47.2 Å². The van der Waals surface area contributed by atoms with Gasteiger partial charge in [-0.3, -0.25) is 14.8 Å². The van der Waals surface area contributed by atoms with Gasteiger partial charge in [-0.25, -0.2) is 0 Å². The summed E-state index contributed by atoms with van der Waals surface area (Å²) in [6, 6.07) is 24.7. The van der Waals surface area contributed by atoms with Crippen LogP contribution >= 0.6 is 0 Å². The maximum atomic E-state index is 5.88. The lowest BCUT2D eigenvalue weighted by Crippen LogP contribution is -2.40. The highest BCUT2D eigenvalue weighted by Crippen LogP contribution is 2.30. The Kier molecular flexibility index (Phi) is 8.34. The summed E-state index contributed by atoms with van der Waals surface area (Å²) in [6.45, 7) is 5.03. The summed E-state index contributed by atoms with van der Waals surface area (Å²) < 4.78 is 11.4. The number of nitrogens with zero attached hydrogens (tertiary/aromatic N) is 3. The lowest BCUT2D eigenvalue weighted by atomic mass is 9.94. The Morgan fingerprint density at radius 1 is 0.970 bits per heavy atom. The van der Waals surface area contributed by atoms with Crippen molar-refractivity contribution in [3.63, 3.8) is 0 Å².